The maximum atomic E-state index is 11.2. The highest BCUT2D eigenvalue weighted by Crippen LogP contribution is 2.17. The van der Waals surface area contributed by atoms with E-state index in [0.717, 1.165) is 4.90 Å². The number of anilines is 1. The summed E-state index contributed by atoms with van der Waals surface area (Å²) >= 11 is 0. The van der Waals surface area contributed by atoms with Gasteiger partial charge in [0.2, 0.25) is 0 Å². The molecule has 0 saturated heterocycles. The molecule has 1 aliphatic heterocycles. The van der Waals surface area contributed by atoms with Crippen LogP contribution in [-0.4, -0.2) is 11.8 Å². The van der Waals surface area contributed by atoms with Gasteiger partial charge in [-0.3, -0.25) is 9.59 Å². The molecule has 1 heterocycles. The highest BCUT2D eigenvalue weighted by atomic mass is 16.2. The predicted octanol–water partition coefficient (Wildman–Crippen LogP) is 3.45. The highest BCUT2D eigenvalue weighted by molar-refractivity contribution is 6.28. The summed E-state index contributed by atoms with van der Waals surface area (Å²) in [4.78, 5) is 23.5. The van der Waals surface area contributed by atoms with Crippen LogP contribution in [0, 0.1) is 0 Å². The van der Waals surface area contributed by atoms with E-state index in [1.165, 1.54) is 17.7 Å². The minimum atomic E-state index is -0.281. The van der Waals surface area contributed by atoms with Crippen LogP contribution >= 0.6 is 0 Å². The Bertz CT molecular complexity index is 642. The van der Waals surface area contributed by atoms with Crippen molar-refractivity contribution in [2.75, 3.05) is 4.90 Å². The maximum Gasteiger partial charge on any atom is 0.258 e. The van der Waals surface area contributed by atoms with Gasteiger partial charge in [-0.1, -0.05) is 61.2 Å². The van der Waals surface area contributed by atoms with Gasteiger partial charge in [-0.05, 0) is 17.7 Å². The van der Waals surface area contributed by atoms with E-state index in [2.05, 4.69) is 6.58 Å². The van der Waals surface area contributed by atoms with Crippen molar-refractivity contribution in [2.45, 2.75) is 0 Å². The van der Waals surface area contributed by atoms with Gasteiger partial charge in [-0.2, -0.15) is 0 Å². The molecule has 21 heavy (non-hydrogen) atoms. The van der Waals surface area contributed by atoms with Crippen molar-refractivity contribution < 1.29 is 9.59 Å². The van der Waals surface area contributed by atoms with Gasteiger partial charge in [0.05, 0.1) is 5.69 Å². The number of benzene rings is 2. The molecular formula is C18H15NO2. The molecule has 2 aromatic rings. The zero-order valence-corrected chi connectivity index (χ0v) is 11.5. The van der Waals surface area contributed by atoms with Crippen LogP contribution in [0.15, 0.2) is 79.4 Å². The summed E-state index contributed by atoms with van der Waals surface area (Å²) in [5.41, 5.74) is 1.79. The third kappa shape index (κ3) is 3.76. The van der Waals surface area contributed by atoms with Gasteiger partial charge in [-0.25, -0.2) is 4.90 Å². The second kappa shape index (κ2) is 7.01. The molecule has 0 spiro atoms. The Kier molecular flexibility index (Phi) is 4.83. The minimum absolute atomic E-state index is 0.281. The van der Waals surface area contributed by atoms with Crippen molar-refractivity contribution in [1.29, 1.82) is 0 Å². The number of carbonyl (C=O) groups excluding carboxylic acids is 2. The number of amides is 2. The van der Waals surface area contributed by atoms with Crippen LogP contribution in [0.25, 0.3) is 6.08 Å². The van der Waals surface area contributed by atoms with Gasteiger partial charge in [-0.15, -0.1) is 0 Å². The topological polar surface area (TPSA) is 37.4 Å². The Morgan fingerprint density at radius 1 is 0.762 bits per heavy atom. The minimum Gasteiger partial charge on any atom is -0.269 e. The summed E-state index contributed by atoms with van der Waals surface area (Å²) in [7, 11) is 0. The molecule has 1 aliphatic rings. The zero-order chi connectivity index (χ0) is 15.1. The van der Waals surface area contributed by atoms with E-state index < -0.39 is 0 Å². The first-order valence-corrected chi connectivity index (χ1v) is 6.51. The highest BCUT2D eigenvalue weighted by Gasteiger charge is 2.24. The molecule has 3 rings (SSSR count). The lowest BCUT2D eigenvalue weighted by molar-refractivity contribution is -0.119. The monoisotopic (exact) mass is 277 g/mol. The van der Waals surface area contributed by atoms with Crippen LogP contribution in [0.1, 0.15) is 5.56 Å². The fourth-order valence-electron chi connectivity index (χ4n) is 1.82. The lowest BCUT2D eigenvalue weighted by Crippen LogP contribution is -2.29. The molecule has 0 N–H and O–H groups in total. The lowest BCUT2D eigenvalue weighted by Gasteiger charge is -2.12. The van der Waals surface area contributed by atoms with E-state index in [9.17, 15) is 9.59 Å². The summed E-state index contributed by atoms with van der Waals surface area (Å²) in [5.74, 6) is -0.563. The van der Waals surface area contributed by atoms with Gasteiger partial charge in [0.15, 0.2) is 0 Å². The summed E-state index contributed by atoms with van der Waals surface area (Å²) in [6, 6.07) is 18.9. The average Bonchev–Trinajstić information content (AvgIpc) is 2.88. The SMILES string of the molecule is C=Cc1ccccc1.O=C1C=CC(=O)N1c1ccccc1. The van der Waals surface area contributed by atoms with E-state index in [1.54, 1.807) is 24.3 Å². The molecule has 0 aromatic heterocycles. The molecule has 2 aromatic carbocycles. The summed E-state index contributed by atoms with van der Waals surface area (Å²) in [6.07, 6.45) is 4.38. The Morgan fingerprint density at radius 3 is 1.67 bits per heavy atom. The molecular weight excluding hydrogens is 262 g/mol. The summed E-state index contributed by atoms with van der Waals surface area (Å²) < 4.78 is 0. The molecule has 0 unspecified atom stereocenters. The number of imide groups is 1. The normalized spacial score (nSPS) is 12.9. The Balaban J connectivity index is 0.000000173. The van der Waals surface area contributed by atoms with Crippen molar-refractivity contribution in [1.82, 2.24) is 0 Å². The van der Waals surface area contributed by atoms with Crippen LogP contribution in [0.2, 0.25) is 0 Å². The van der Waals surface area contributed by atoms with Crippen molar-refractivity contribution in [3.05, 3.63) is 85.0 Å². The first kappa shape index (κ1) is 14.5. The quantitative estimate of drug-likeness (QED) is 0.788. The largest absolute Gasteiger partial charge is 0.269 e. The smallest absolute Gasteiger partial charge is 0.258 e. The van der Waals surface area contributed by atoms with Gasteiger partial charge >= 0.3 is 0 Å². The first-order valence-electron chi connectivity index (χ1n) is 6.51. The number of rotatable bonds is 2. The van der Waals surface area contributed by atoms with E-state index in [1.807, 2.05) is 42.5 Å². The molecule has 0 atom stereocenters. The fourth-order valence-corrected chi connectivity index (χ4v) is 1.82. The molecule has 3 nitrogen and oxygen atoms in total. The predicted molar refractivity (Wildman–Crippen MR) is 84.6 cm³/mol. The second-order valence-corrected chi connectivity index (χ2v) is 4.30. The Labute approximate surface area is 123 Å². The van der Waals surface area contributed by atoms with Gasteiger partial charge < -0.3 is 0 Å². The zero-order valence-electron chi connectivity index (χ0n) is 11.5. The third-order valence-electron chi connectivity index (χ3n) is 2.86. The molecule has 104 valence electrons. The van der Waals surface area contributed by atoms with E-state index in [4.69, 9.17) is 0 Å². The molecule has 0 bridgehead atoms. The summed E-state index contributed by atoms with van der Waals surface area (Å²) in [6.45, 7) is 3.63. The van der Waals surface area contributed by atoms with Crippen LogP contribution in [0.5, 0.6) is 0 Å². The number of carbonyl (C=O) groups is 2. The number of hydrogen-bond acceptors (Lipinski definition) is 2. The van der Waals surface area contributed by atoms with E-state index in [0.29, 0.717) is 5.69 Å². The van der Waals surface area contributed by atoms with Gasteiger partial charge in [0, 0.05) is 12.2 Å². The molecule has 3 heteroatoms. The molecule has 0 radical (unpaired) electrons. The standard InChI is InChI=1S/C10H7NO2.C8H8/c12-9-6-7-10(13)11(9)8-4-2-1-3-5-8;1-2-8-6-4-3-5-7-8/h1-7H;2-7H,1H2. The van der Waals surface area contributed by atoms with E-state index in [-0.39, 0.29) is 11.8 Å². The van der Waals surface area contributed by atoms with Gasteiger partial charge in [0.1, 0.15) is 0 Å². The first-order chi connectivity index (χ1) is 10.2. The Hall–Kier alpha value is -2.94. The van der Waals surface area contributed by atoms with Gasteiger partial charge in [0.25, 0.3) is 11.8 Å². The van der Waals surface area contributed by atoms with Crippen molar-refractivity contribution >= 4 is 23.6 Å². The molecule has 0 aliphatic carbocycles. The van der Waals surface area contributed by atoms with Crippen molar-refractivity contribution in [3.8, 4) is 0 Å². The van der Waals surface area contributed by atoms with Crippen LogP contribution < -0.4 is 4.90 Å². The average molecular weight is 277 g/mol. The molecule has 2 amide bonds. The Morgan fingerprint density at radius 2 is 1.24 bits per heavy atom. The lowest BCUT2D eigenvalue weighted by atomic mass is 10.2. The number of nitrogens with zero attached hydrogens (tertiary/aromatic N) is 1. The van der Waals surface area contributed by atoms with Crippen LogP contribution in [0.3, 0.4) is 0 Å². The van der Waals surface area contributed by atoms with Crippen molar-refractivity contribution in [2.24, 2.45) is 0 Å². The van der Waals surface area contributed by atoms with Crippen molar-refractivity contribution in [3.63, 3.8) is 0 Å². The fraction of sp³-hybridized carbons (Fsp3) is 0. The molecule has 0 fully saturated rings. The summed E-state index contributed by atoms with van der Waals surface area (Å²) in [5, 5.41) is 0. The maximum absolute atomic E-state index is 11.2. The van der Waals surface area contributed by atoms with Crippen LogP contribution in [-0.2, 0) is 9.59 Å². The molecule has 0 saturated carbocycles. The van der Waals surface area contributed by atoms with Crippen LogP contribution in [0.4, 0.5) is 5.69 Å². The second-order valence-electron chi connectivity index (χ2n) is 4.30. The number of para-hydroxylation sites is 1. The number of hydrogen-bond donors (Lipinski definition) is 0. The third-order valence-corrected chi connectivity index (χ3v) is 2.86. The van der Waals surface area contributed by atoms with E-state index >= 15 is 0 Å².